The van der Waals surface area contributed by atoms with Crippen LogP contribution in [0.3, 0.4) is 0 Å². The van der Waals surface area contributed by atoms with Gasteiger partial charge in [0.1, 0.15) is 22.0 Å². The van der Waals surface area contributed by atoms with E-state index < -0.39 is 15.6 Å². The number of sulfonamides is 1. The van der Waals surface area contributed by atoms with Gasteiger partial charge < -0.3 is 14.5 Å². The minimum absolute atomic E-state index is 0.0222. The van der Waals surface area contributed by atoms with Crippen LogP contribution in [0.1, 0.15) is 10.6 Å². The molecule has 0 N–H and O–H groups in total. The maximum atomic E-state index is 13.9. The maximum absolute atomic E-state index is 13.9. The van der Waals surface area contributed by atoms with Crippen LogP contribution >= 0.6 is 11.3 Å². The number of ether oxygens (including phenoxy) is 1. The molecule has 0 bridgehead atoms. The van der Waals surface area contributed by atoms with Gasteiger partial charge in [-0.25, -0.2) is 13.4 Å². The highest BCUT2D eigenvalue weighted by molar-refractivity contribution is 7.89. The van der Waals surface area contributed by atoms with Gasteiger partial charge in [0.2, 0.25) is 15.9 Å². The van der Waals surface area contributed by atoms with Crippen molar-refractivity contribution in [2.45, 2.75) is 24.8 Å². The fourth-order valence-corrected chi connectivity index (χ4v) is 8.03. The van der Waals surface area contributed by atoms with Crippen molar-refractivity contribution >= 4 is 43.2 Å². The number of carbonyl (C=O) groups is 1. The molecule has 0 spiro atoms. The van der Waals surface area contributed by atoms with Crippen molar-refractivity contribution in [2.24, 2.45) is 0 Å². The Labute approximate surface area is 242 Å². The van der Waals surface area contributed by atoms with Crippen LogP contribution in [0.25, 0.3) is 10.2 Å². The summed E-state index contributed by atoms with van der Waals surface area (Å²) >= 11 is 1.17. The van der Waals surface area contributed by atoms with E-state index >= 15 is 0 Å². The van der Waals surface area contributed by atoms with Crippen LogP contribution in [-0.2, 0) is 27.8 Å². The number of nitrogens with zero attached hydrogens (tertiary/aromatic N) is 6. The van der Waals surface area contributed by atoms with Crippen LogP contribution in [0.4, 0.5) is 5.69 Å². The minimum atomic E-state index is -3.99. The van der Waals surface area contributed by atoms with Crippen LogP contribution in [0.2, 0.25) is 0 Å². The predicted octanol–water partition coefficient (Wildman–Crippen LogP) is 2.38. The Morgan fingerprint density at radius 3 is 2.51 bits per heavy atom. The molecule has 0 saturated carbocycles. The van der Waals surface area contributed by atoms with Gasteiger partial charge in [0.15, 0.2) is 0 Å². The number of pyridine rings is 1. The number of anilines is 1. The highest BCUT2D eigenvalue weighted by Crippen LogP contribution is 2.34. The van der Waals surface area contributed by atoms with Crippen molar-refractivity contribution in [2.75, 3.05) is 51.8 Å². The molecule has 1 aliphatic rings. The summed E-state index contributed by atoms with van der Waals surface area (Å²) in [6.07, 6.45) is 3.59. The number of piperazine rings is 1. The molecule has 41 heavy (non-hydrogen) atoms. The SMILES string of the molecule is COc1ccccc1N1CCN(S(=O)(=O)c2c(C)sc3ncn(CC(=O)N(C)CCc4ccccn4)c(=O)c23)CC1. The second-order valence-corrected chi connectivity index (χ2v) is 12.9. The number of fused-ring (bicyclic) bond motifs is 1. The van der Waals surface area contributed by atoms with E-state index in [-0.39, 0.29) is 35.8 Å². The lowest BCUT2D eigenvalue weighted by Crippen LogP contribution is -2.49. The standard InChI is InChI=1S/C28H32N6O5S2/c1-20-26(41(37,38)34-16-14-32(15-17-34)22-9-4-5-10-23(22)39-3)25-27(40-20)30-19-33(28(25)36)18-24(35)31(2)13-11-21-8-6-7-12-29-21/h4-10,12,19H,11,13-18H2,1-3H3. The average molecular weight is 597 g/mol. The molecule has 1 fully saturated rings. The summed E-state index contributed by atoms with van der Waals surface area (Å²) in [6.45, 7) is 3.33. The molecule has 13 heteroatoms. The maximum Gasteiger partial charge on any atom is 0.263 e. The van der Waals surface area contributed by atoms with Gasteiger partial charge in [0.05, 0.1) is 24.5 Å². The Balaban J connectivity index is 1.35. The number of aryl methyl sites for hydroxylation is 1. The normalized spacial score (nSPS) is 14.4. The number of benzene rings is 1. The Morgan fingerprint density at radius 2 is 1.80 bits per heavy atom. The Morgan fingerprint density at radius 1 is 1.07 bits per heavy atom. The lowest BCUT2D eigenvalue weighted by atomic mass is 10.2. The van der Waals surface area contributed by atoms with Crippen molar-refractivity contribution in [1.82, 2.24) is 23.7 Å². The van der Waals surface area contributed by atoms with Gasteiger partial charge in [-0.05, 0) is 31.2 Å². The monoisotopic (exact) mass is 596 g/mol. The molecule has 1 amide bonds. The van der Waals surface area contributed by atoms with Gasteiger partial charge in [-0.1, -0.05) is 18.2 Å². The molecule has 1 saturated heterocycles. The number of aromatic nitrogens is 3. The largest absolute Gasteiger partial charge is 0.495 e. The highest BCUT2D eigenvalue weighted by atomic mass is 32.2. The van der Waals surface area contributed by atoms with E-state index in [0.29, 0.717) is 35.8 Å². The first kappa shape index (κ1) is 28.7. The zero-order valence-corrected chi connectivity index (χ0v) is 24.8. The zero-order valence-electron chi connectivity index (χ0n) is 23.2. The van der Waals surface area contributed by atoms with Crippen LogP contribution < -0.4 is 15.2 Å². The topological polar surface area (TPSA) is 118 Å². The molecule has 11 nitrogen and oxygen atoms in total. The second kappa shape index (κ2) is 12.0. The summed E-state index contributed by atoms with van der Waals surface area (Å²) in [5, 5.41) is 0.0334. The third-order valence-corrected chi connectivity index (χ3v) is 10.4. The average Bonchev–Trinajstić information content (AvgIpc) is 3.35. The van der Waals surface area contributed by atoms with Gasteiger partial charge in [-0.15, -0.1) is 11.3 Å². The number of hydrogen-bond donors (Lipinski definition) is 0. The molecular weight excluding hydrogens is 564 g/mol. The zero-order chi connectivity index (χ0) is 29.1. The van der Waals surface area contributed by atoms with Crippen molar-refractivity contribution in [3.05, 3.63) is 75.9 Å². The number of likely N-dealkylation sites (N-methyl/N-ethyl adjacent to an activating group) is 1. The van der Waals surface area contributed by atoms with E-state index in [0.717, 1.165) is 17.1 Å². The lowest BCUT2D eigenvalue weighted by molar-refractivity contribution is -0.130. The van der Waals surface area contributed by atoms with E-state index in [4.69, 9.17) is 4.74 Å². The summed E-state index contributed by atoms with van der Waals surface area (Å²) in [5.74, 6) is 0.444. The van der Waals surface area contributed by atoms with Crippen molar-refractivity contribution in [3.8, 4) is 5.75 Å². The molecule has 0 aliphatic carbocycles. The molecule has 5 rings (SSSR count). The fourth-order valence-electron chi connectivity index (χ4n) is 4.95. The first-order valence-corrected chi connectivity index (χ1v) is 15.5. The highest BCUT2D eigenvalue weighted by Gasteiger charge is 2.34. The third-order valence-electron chi connectivity index (χ3n) is 7.22. The van der Waals surface area contributed by atoms with Crippen molar-refractivity contribution in [1.29, 1.82) is 0 Å². The van der Waals surface area contributed by atoms with Gasteiger partial charge in [0.25, 0.3) is 5.56 Å². The molecule has 4 aromatic rings. The lowest BCUT2D eigenvalue weighted by Gasteiger charge is -2.35. The van der Waals surface area contributed by atoms with Crippen LogP contribution in [0.15, 0.2) is 64.7 Å². The van der Waals surface area contributed by atoms with Gasteiger partial charge >= 0.3 is 0 Å². The number of thiophene rings is 1. The molecule has 216 valence electrons. The predicted molar refractivity (Wildman–Crippen MR) is 158 cm³/mol. The smallest absolute Gasteiger partial charge is 0.263 e. The summed E-state index contributed by atoms with van der Waals surface area (Å²) in [5.41, 5.74) is 1.22. The fraction of sp³-hybridized carbons (Fsp3) is 0.357. The number of rotatable bonds is 9. The second-order valence-electron chi connectivity index (χ2n) is 9.79. The molecule has 1 aliphatic heterocycles. The summed E-state index contributed by atoms with van der Waals surface area (Å²) in [7, 11) is -0.716. The van der Waals surface area contributed by atoms with E-state index in [9.17, 15) is 18.0 Å². The molecule has 3 aromatic heterocycles. The van der Waals surface area contributed by atoms with Crippen molar-refractivity contribution in [3.63, 3.8) is 0 Å². The molecule has 0 unspecified atom stereocenters. The molecule has 0 radical (unpaired) electrons. The summed E-state index contributed by atoms with van der Waals surface area (Å²) in [6, 6.07) is 13.2. The van der Waals surface area contributed by atoms with E-state index in [1.54, 1.807) is 27.3 Å². The molecular formula is C28H32N6O5S2. The van der Waals surface area contributed by atoms with E-state index in [1.807, 2.05) is 42.5 Å². The molecule has 1 aromatic carbocycles. The van der Waals surface area contributed by atoms with Crippen LogP contribution in [0, 0.1) is 6.92 Å². The number of carbonyl (C=O) groups excluding carboxylic acids is 1. The quantitative estimate of drug-likeness (QED) is 0.289. The summed E-state index contributed by atoms with van der Waals surface area (Å²) < 4.78 is 35.9. The molecule has 4 heterocycles. The summed E-state index contributed by atoms with van der Waals surface area (Å²) in [4.78, 5) is 39.6. The minimum Gasteiger partial charge on any atom is -0.495 e. The number of methoxy groups -OCH3 is 1. The molecule has 0 atom stereocenters. The first-order valence-electron chi connectivity index (χ1n) is 13.2. The van der Waals surface area contributed by atoms with Crippen LogP contribution in [0.5, 0.6) is 5.75 Å². The Bertz CT molecular complexity index is 1710. The van der Waals surface area contributed by atoms with E-state index in [2.05, 4.69) is 14.9 Å². The van der Waals surface area contributed by atoms with Gasteiger partial charge in [-0.2, -0.15) is 4.31 Å². The number of hydrogen-bond acceptors (Lipinski definition) is 9. The van der Waals surface area contributed by atoms with Crippen molar-refractivity contribution < 1.29 is 17.9 Å². The first-order chi connectivity index (χ1) is 19.7. The number of amides is 1. The third kappa shape index (κ3) is 5.83. The Hall–Kier alpha value is -3.81. The Kier molecular flexibility index (Phi) is 8.38. The van der Waals surface area contributed by atoms with E-state index in [1.165, 1.54) is 31.4 Å². The van der Waals surface area contributed by atoms with Gasteiger partial charge in [-0.3, -0.25) is 19.1 Å². The number of para-hydroxylation sites is 2. The van der Waals surface area contributed by atoms with Gasteiger partial charge in [0, 0.05) is 63.0 Å². The van der Waals surface area contributed by atoms with Crippen LogP contribution in [-0.4, -0.2) is 84.9 Å².